The Morgan fingerprint density at radius 2 is 2.07 bits per heavy atom. The zero-order chi connectivity index (χ0) is 19.3. The number of ether oxygens (including phenoxy) is 2. The summed E-state index contributed by atoms with van der Waals surface area (Å²) in [5, 5.41) is 6.70. The van der Waals surface area contributed by atoms with Crippen LogP contribution < -0.4 is 15.4 Å². The second-order valence-electron chi connectivity index (χ2n) is 7.03. The molecule has 7 nitrogen and oxygen atoms in total. The maximum Gasteiger partial charge on any atom is 0.213 e. The number of rotatable bonds is 11. The number of aromatic nitrogens is 1. The number of pyridine rings is 1. The average Bonchev–Trinajstić information content (AvgIpc) is 3.18. The lowest BCUT2D eigenvalue weighted by Crippen LogP contribution is -2.40. The lowest BCUT2D eigenvalue weighted by atomic mass is 10.2. The highest BCUT2D eigenvalue weighted by Gasteiger charge is 2.17. The summed E-state index contributed by atoms with van der Waals surface area (Å²) in [7, 11) is 5.65. The summed E-state index contributed by atoms with van der Waals surface area (Å²) >= 11 is 0. The maximum atomic E-state index is 5.98. The van der Waals surface area contributed by atoms with E-state index in [1.54, 1.807) is 14.2 Å². The predicted octanol–water partition coefficient (Wildman–Crippen LogP) is 2.65. The van der Waals surface area contributed by atoms with Gasteiger partial charge in [-0.25, -0.2) is 4.98 Å². The Bertz CT molecular complexity index is 567. The van der Waals surface area contributed by atoms with Gasteiger partial charge in [0.05, 0.1) is 0 Å². The molecule has 1 saturated carbocycles. The summed E-state index contributed by atoms with van der Waals surface area (Å²) in [4.78, 5) is 10.9. The average molecular weight is 505 g/mol. The quantitative estimate of drug-likeness (QED) is 0.209. The van der Waals surface area contributed by atoms with E-state index < -0.39 is 0 Å². The van der Waals surface area contributed by atoms with Gasteiger partial charge in [0, 0.05) is 59.2 Å². The molecule has 0 bridgehead atoms. The zero-order valence-corrected chi connectivity index (χ0v) is 19.8. The first-order valence-corrected chi connectivity index (χ1v) is 9.95. The molecule has 0 saturated heterocycles. The Balaban J connectivity index is 0.00000392. The Morgan fingerprint density at radius 3 is 2.79 bits per heavy atom. The van der Waals surface area contributed by atoms with Gasteiger partial charge in [0.1, 0.15) is 6.10 Å². The van der Waals surface area contributed by atoms with Crippen LogP contribution in [0.3, 0.4) is 0 Å². The van der Waals surface area contributed by atoms with Gasteiger partial charge in [-0.1, -0.05) is 0 Å². The normalized spacial score (nSPS) is 14.8. The van der Waals surface area contributed by atoms with E-state index in [1.165, 1.54) is 12.8 Å². The molecule has 2 N–H and O–H groups in total. The van der Waals surface area contributed by atoms with Gasteiger partial charge in [0.2, 0.25) is 5.88 Å². The molecule has 1 heterocycles. The molecule has 0 atom stereocenters. The number of nitrogens with zero attached hydrogens (tertiary/aromatic N) is 3. The number of guanidine groups is 1. The number of hydrogen-bond acceptors (Lipinski definition) is 5. The highest BCUT2D eigenvalue weighted by atomic mass is 127. The minimum Gasteiger partial charge on any atom is -0.474 e. The molecule has 28 heavy (non-hydrogen) atoms. The van der Waals surface area contributed by atoms with Gasteiger partial charge in [0.25, 0.3) is 0 Å². The molecule has 160 valence electrons. The van der Waals surface area contributed by atoms with Crippen LogP contribution in [0, 0.1) is 0 Å². The molecule has 1 aliphatic carbocycles. The molecule has 0 radical (unpaired) electrons. The molecular formula is C20H36IN5O2. The van der Waals surface area contributed by atoms with E-state index in [2.05, 4.69) is 32.6 Å². The third kappa shape index (κ3) is 9.88. The number of nitrogens with one attached hydrogen (secondary N) is 2. The third-order valence-corrected chi connectivity index (χ3v) is 4.75. The zero-order valence-electron chi connectivity index (χ0n) is 17.4. The standard InChI is InChI=1S/C20H35N5O2.HI/c1-21-20(23-11-13-25(2)12-6-14-26-3)24-16-17-9-10-22-19(15-17)27-18-7-4-5-8-18;/h9-10,15,18H,4-8,11-14,16H2,1-3H3,(H2,21,23,24);1H. The van der Waals surface area contributed by atoms with Gasteiger partial charge in [0.15, 0.2) is 5.96 Å². The number of halogens is 1. The molecule has 0 amide bonds. The summed E-state index contributed by atoms with van der Waals surface area (Å²) in [5.74, 6) is 1.53. The van der Waals surface area contributed by atoms with Crippen molar-refractivity contribution in [2.45, 2.75) is 44.8 Å². The molecule has 8 heteroatoms. The van der Waals surface area contributed by atoms with Crippen molar-refractivity contribution in [3.05, 3.63) is 23.9 Å². The van der Waals surface area contributed by atoms with Crippen molar-refractivity contribution in [1.29, 1.82) is 0 Å². The summed E-state index contributed by atoms with van der Waals surface area (Å²) in [5.41, 5.74) is 1.14. The number of methoxy groups -OCH3 is 1. The van der Waals surface area contributed by atoms with Gasteiger partial charge < -0.3 is 25.0 Å². The topological polar surface area (TPSA) is 71.0 Å². The Morgan fingerprint density at radius 1 is 1.29 bits per heavy atom. The first-order valence-electron chi connectivity index (χ1n) is 9.95. The van der Waals surface area contributed by atoms with Crippen LogP contribution in [-0.4, -0.2) is 69.4 Å². The van der Waals surface area contributed by atoms with Crippen molar-refractivity contribution in [2.75, 3.05) is 47.4 Å². The van der Waals surface area contributed by atoms with Gasteiger partial charge in [-0.05, 0) is 50.8 Å². The van der Waals surface area contributed by atoms with E-state index >= 15 is 0 Å². The van der Waals surface area contributed by atoms with E-state index in [-0.39, 0.29) is 24.0 Å². The van der Waals surface area contributed by atoms with Crippen molar-refractivity contribution in [3.63, 3.8) is 0 Å². The molecule has 0 spiro atoms. The fourth-order valence-electron chi connectivity index (χ4n) is 3.16. The van der Waals surface area contributed by atoms with Crippen LogP contribution in [0.2, 0.25) is 0 Å². The minimum absolute atomic E-state index is 0. The second-order valence-corrected chi connectivity index (χ2v) is 7.03. The van der Waals surface area contributed by atoms with Crippen molar-refractivity contribution in [3.8, 4) is 5.88 Å². The van der Waals surface area contributed by atoms with Crippen LogP contribution >= 0.6 is 24.0 Å². The van der Waals surface area contributed by atoms with E-state index in [0.717, 1.165) is 62.9 Å². The van der Waals surface area contributed by atoms with Gasteiger partial charge in [-0.3, -0.25) is 4.99 Å². The van der Waals surface area contributed by atoms with Crippen molar-refractivity contribution < 1.29 is 9.47 Å². The Hall–Kier alpha value is -1.13. The molecule has 0 unspecified atom stereocenters. The van der Waals surface area contributed by atoms with Crippen LogP contribution in [0.15, 0.2) is 23.3 Å². The number of likely N-dealkylation sites (N-methyl/N-ethyl adjacent to an activating group) is 1. The van der Waals surface area contributed by atoms with Crippen molar-refractivity contribution in [1.82, 2.24) is 20.5 Å². The SMILES string of the molecule is CN=C(NCCN(C)CCCOC)NCc1ccnc(OC2CCCC2)c1.I. The van der Waals surface area contributed by atoms with Crippen LogP contribution in [0.25, 0.3) is 0 Å². The van der Waals surface area contributed by atoms with Crippen LogP contribution in [0.1, 0.15) is 37.7 Å². The highest BCUT2D eigenvalue weighted by Crippen LogP contribution is 2.23. The molecular weight excluding hydrogens is 469 g/mol. The molecule has 1 aliphatic rings. The minimum atomic E-state index is 0. The first-order chi connectivity index (χ1) is 13.2. The number of aliphatic imine (C=N–C) groups is 1. The van der Waals surface area contributed by atoms with E-state index in [9.17, 15) is 0 Å². The highest BCUT2D eigenvalue weighted by molar-refractivity contribution is 14.0. The first kappa shape index (κ1) is 24.9. The Labute approximate surface area is 186 Å². The van der Waals surface area contributed by atoms with E-state index in [1.807, 2.05) is 18.3 Å². The van der Waals surface area contributed by atoms with Gasteiger partial charge >= 0.3 is 0 Å². The van der Waals surface area contributed by atoms with Crippen LogP contribution in [0.5, 0.6) is 5.88 Å². The molecule has 1 fully saturated rings. The molecule has 1 aromatic rings. The van der Waals surface area contributed by atoms with Crippen LogP contribution in [0.4, 0.5) is 0 Å². The molecule has 0 aromatic carbocycles. The van der Waals surface area contributed by atoms with E-state index in [0.29, 0.717) is 12.6 Å². The van der Waals surface area contributed by atoms with Crippen molar-refractivity contribution >= 4 is 29.9 Å². The lowest BCUT2D eigenvalue weighted by Gasteiger charge is -2.18. The Kier molecular flexibility index (Phi) is 13.2. The fraction of sp³-hybridized carbons (Fsp3) is 0.700. The van der Waals surface area contributed by atoms with Gasteiger partial charge in [-0.2, -0.15) is 0 Å². The van der Waals surface area contributed by atoms with Crippen LogP contribution in [-0.2, 0) is 11.3 Å². The summed E-state index contributed by atoms with van der Waals surface area (Å²) < 4.78 is 11.1. The second kappa shape index (κ2) is 14.8. The third-order valence-electron chi connectivity index (χ3n) is 4.75. The predicted molar refractivity (Wildman–Crippen MR) is 125 cm³/mol. The van der Waals surface area contributed by atoms with Crippen molar-refractivity contribution in [2.24, 2.45) is 4.99 Å². The fourth-order valence-corrected chi connectivity index (χ4v) is 3.16. The molecule has 1 aromatic heterocycles. The maximum absolute atomic E-state index is 5.98. The smallest absolute Gasteiger partial charge is 0.213 e. The summed E-state index contributed by atoms with van der Waals surface area (Å²) in [6, 6.07) is 4.02. The molecule has 0 aliphatic heterocycles. The summed E-state index contributed by atoms with van der Waals surface area (Å²) in [6.45, 7) is 4.32. The summed E-state index contributed by atoms with van der Waals surface area (Å²) in [6.07, 6.45) is 7.99. The van der Waals surface area contributed by atoms with E-state index in [4.69, 9.17) is 9.47 Å². The largest absolute Gasteiger partial charge is 0.474 e. The van der Waals surface area contributed by atoms with Gasteiger partial charge in [-0.15, -0.1) is 24.0 Å². The monoisotopic (exact) mass is 505 g/mol. The molecule has 2 rings (SSSR count). The lowest BCUT2D eigenvalue weighted by molar-refractivity contribution is 0.180. The number of hydrogen-bond donors (Lipinski definition) is 2.